The molecule has 3 N–H and O–H groups in total. The Bertz CT molecular complexity index is 513. The molecule has 0 aromatic heterocycles. The highest BCUT2D eigenvalue weighted by molar-refractivity contribution is 6.01. The van der Waals surface area contributed by atoms with Gasteiger partial charge in [0, 0.05) is 12.2 Å². The first-order chi connectivity index (χ1) is 9.02. The van der Waals surface area contributed by atoms with Crippen molar-refractivity contribution in [2.45, 2.75) is 32.9 Å². The van der Waals surface area contributed by atoms with Gasteiger partial charge in [-0.2, -0.15) is 0 Å². The molecular weight excluding hydrogens is 242 g/mol. The van der Waals surface area contributed by atoms with Crippen LogP contribution in [0.3, 0.4) is 0 Å². The summed E-state index contributed by atoms with van der Waals surface area (Å²) in [5.74, 6) is -0.448. The van der Waals surface area contributed by atoms with Gasteiger partial charge in [-0.25, -0.2) is 0 Å². The van der Waals surface area contributed by atoms with Crippen LogP contribution >= 0.6 is 0 Å². The first-order valence-corrected chi connectivity index (χ1v) is 6.44. The second kappa shape index (κ2) is 5.40. The van der Waals surface area contributed by atoms with Gasteiger partial charge in [-0.05, 0) is 30.5 Å². The number of nitrogen functional groups attached to an aromatic ring is 1. The maximum atomic E-state index is 11.8. The summed E-state index contributed by atoms with van der Waals surface area (Å²) in [5, 5.41) is 2.38. The molecule has 0 aliphatic carbocycles. The number of amides is 2. The van der Waals surface area contributed by atoms with Crippen molar-refractivity contribution in [1.82, 2.24) is 10.2 Å². The summed E-state index contributed by atoms with van der Waals surface area (Å²) in [6, 6.07) is 5.47. The number of anilines is 1. The predicted molar refractivity (Wildman–Crippen MR) is 73.2 cm³/mol. The second-order valence-corrected chi connectivity index (χ2v) is 4.87. The summed E-state index contributed by atoms with van der Waals surface area (Å²) in [7, 11) is 0. The van der Waals surface area contributed by atoms with Crippen LogP contribution < -0.4 is 11.1 Å². The molecule has 1 aromatic carbocycles. The maximum absolute atomic E-state index is 11.8. The molecule has 1 atom stereocenters. The van der Waals surface area contributed by atoms with Crippen LogP contribution in [0.1, 0.15) is 24.5 Å². The predicted octanol–water partition coefficient (Wildman–Crippen LogP) is 0.814. The summed E-state index contributed by atoms with van der Waals surface area (Å²) < 4.78 is 0. The minimum absolute atomic E-state index is 0.208. The number of nitrogens with one attached hydrogen (secondary N) is 1. The number of rotatable bonds is 3. The van der Waals surface area contributed by atoms with Gasteiger partial charge in [0.15, 0.2) is 0 Å². The molecular formula is C14H19N3O2. The third kappa shape index (κ3) is 2.76. The molecule has 102 valence electrons. The van der Waals surface area contributed by atoms with Gasteiger partial charge in [-0.1, -0.05) is 19.1 Å². The standard InChI is InChI=1S/C14H19N3O2/c1-3-12-14(19)16-13(18)8-17(12)7-10-5-4-6-11(15)9(10)2/h4-6,12H,3,7-8,15H2,1-2H3,(H,16,18,19). The Balaban J connectivity index is 2.22. The van der Waals surface area contributed by atoms with E-state index < -0.39 is 0 Å². The Labute approximate surface area is 112 Å². The van der Waals surface area contributed by atoms with Crippen molar-refractivity contribution in [2.24, 2.45) is 0 Å². The summed E-state index contributed by atoms with van der Waals surface area (Å²) in [4.78, 5) is 25.2. The molecule has 1 aromatic rings. The molecule has 2 rings (SSSR count). The van der Waals surface area contributed by atoms with Gasteiger partial charge in [-0.3, -0.25) is 19.8 Å². The van der Waals surface area contributed by atoms with Crippen LogP contribution in [0, 0.1) is 6.92 Å². The van der Waals surface area contributed by atoms with Gasteiger partial charge < -0.3 is 5.73 Å². The van der Waals surface area contributed by atoms with Gasteiger partial charge in [0.2, 0.25) is 11.8 Å². The molecule has 5 nitrogen and oxygen atoms in total. The molecule has 0 saturated carbocycles. The molecule has 0 spiro atoms. The topological polar surface area (TPSA) is 75.4 Å². The van der Waals surface area contributed by atoms with Gasteiger partial charge in [0.05, 0.1) is 12.6 Å². The van der Waals surface area contributed by atoms with Crippen LogP contribution in [0.25, 0.3) is 0 Å². The molecule has 1 aliphatic heterocycles. The smallest absolute Gasteiger partial charge is 0.243 e. The zero-order chi connectivity index (χ0) is 14.0. The normalized spacial score (nSPS) is 20.4. The molecule has 0 bridgehead atoms. The molecule has 1 saturated heterocycles. The van der Waals surface area contributed by atoms with Crippen molar-refractivity contribution in [3.63, 3.8) is 0 Å². The maximum Gasteiger partial charge on any atom is 0.243 e. The minimum atomic E-state index is -0.251. The fraction of sp³-hybridized carbons (Fsp3) is 0.429. The van der Waals surface area contributed by atoms with Crippen molar-refractivity contribution in [1.29, 1.82) is 0 Å². The molecule has 1 aliphatic rings. The summed E-state index contributed by atoms with van der Waals surface area (Å²) in [5.41, 5.74) is 8.68. The second-order valence-electron chi connectivity index (χ2n) is 4.87. The minimum Gasteiger partial charge on any atom is -0.399 e. The number of hydrogen-bond donors (Lipinski definition) is 2. The van der Waals surface area contributed by atoms with E-state index in [4.69, 9.17) is 5.73 Å². The monoisotopic (exact) mass is 261 g/mol. The lowest BCUT2D eigenvalue weighted by molar-refractivity contribution is -0.140. The molecule has 1 unspecified atom stereocenters. The largest absolute Gasteiger partial charge is 0.399 e. The van der Waals surface area contributed by atoms with E-state index in [1.165, 1.54) is 0 Å². The highest BCUT2D eigenvalue weighted by Gasteiger charge is 2.32. The van der Waals surface area contributed by atoms with Crippen molar-refractivity contribution in [3.8, 4) is 0 Å². The van der Waals surface area contributed by atoms with E-state index in [9.17, 15) is 9.59 Å². The number of nitrogens with two attached hydrogens (primary N) is 1. The quantitative estimate of drug-likeness (QED) is 0.624. The Hall–Kier alpha value is -1.88. The SMILES string of the molecule is CCC1C(=O)NC(=O)CN1Cc1cccc(N)c1C. The van der Waals surface area contributed by atoms with E-state index in [1.807, 2.05) is 36.9 Å². The van der Waals surface area contributed by atoms with Crippen LogP contribution in [0.15, 0.2) is 18.2 Å². The zero-order valence-corrected chi connectivity index (χ0v) is 11.3. The lowest BCUT2D eigenvalue weighted by Crippen LogP contribution is -2.57. The van der Waals surface area contributed by atoms with Crippen LogP contribution in [0.4, 0.5) is 5.69 Å². The van der Waals surface area contributed by atoms with E-state index in [0.29, 0.717) is 13.0 Å². The molecule has 0 radical (unpaired) electrons. The van der Waals surface area contributed by atoms with Gasteiger partial charge in [0.25, 0.3) is 0 Å². The number of hydrogen-bond acceptors (Lipinski definition) is 4. The fourth-order valence-corrected chi connectivity index (χ4v) is 2.42. The summed E-state index contributed by atoms with van der Waals surface area (Å²) >= 11 is 0. The molecule has 2 amide bonds. The van der Waals surface area contributed by atoms with Crippen LogP contribution in [-0.2, 0) is 16.1 Å². The highest BCUT2D eigenvalue weighted by atomic mass is 16.2. The third-order valence-corrected chi connectivity index (χ3v) is 3.60. The number of carbonyl (C=O) groups excluding carboxylic acids is 2. The molecule has 5 heteroatoms. The van der Waals surface area contributed by atoms with E-state index in [1.54, 1.807) is 0 Å². The average Bonchev–Trinajstić information content (AvgIpc) is 2.34. The third-order valence-electron chi connectivity index (χ3n) is 3.60. The van der Waals surface area contributed by atoms with E-state index in [-0.39, 0.29) is 24.4 Å². The lowest BCUT2D eigenvalue weighted by atomic mass is 10.0. The lowest BCUT2D eigenvalue weighted by Gasteiger charge is -2.33. The zero-order valence-electron chi connectivity index (χ0n) is 11.3. The van der Waals surface area contributed by atoms with Crippen molar-refractivity contribution in [2.75, 3.05) is 12.3 Å². The van der Waals surface area contributed by atoms with Crippen LogP contribution in [0.5, 0.6) is 0 Å². The van der Waals surface area contributed by atoms with Gasteiger partial charge in [0.1, 0.15) is 0 Å². The summed E-state index contributed by atoms with van der Waals surface area (Å²) in [6.45, 7) is 4.71. The van der Waals surface area contributed by atoms with E-state index in [2.05, 4.69) is 5.32 Å². The average molecular weight is 261 g/mol. The van der Waals surface area contributed by atoms with Gasteiger partial charge >= 0.3 is 0 Å². The first kappa shape index (κ1) is 13.5. The number of piperazine rings is 1. The van der Waals surface area contributed by atoms with E-state index in [0.717, 1.165) is 16.8 Å². The number of carbonyl (C=O) groups is 2. The Kier molecular flexibility index (Phi) is 3.85. The number of imide groups is 1. The Morgan fingerprint density at radius 3 is 2.84 bits per heavy atom. The Morgan fingerprint density at radius 2 is 2.16 bits per heavy atom. The van der Waals surface area contributed by atoms with E-state index >= 15 is 0 Å². The number of nitrogens with zero attached hydrogens (tertiary/aromatic N) is 1. The molecule has 1 heterocycles. The fourth-order valence-electron chi connectivity index (χ4n) is 2.42. The molecule has 19 heavy (non-hydrogen) atoms. The van der Waals surface area contributed by atoms with Crippen molar-refractivity contribution >= 4 is 17.5 Å². The summed E-state index contributed by atoms with van der Waals surface area (Å²) in [6.07, 6.45) is 0.681. The Morgan fingerprint density at radius 1 is 1.42 bits per heavy atom. The van der Waals surface area contributed by atoms with Crippen LogP contribution in [0.2, 0.25) is 0 Å². The van der Waals surface area contributed by atoms with Gasteiger partial charge in [-0.15, -0.1) is 0 Å². The molecule has 1 fully saturated rings. The first-order valence-electron chi connectivity index (χ1n) is 6.44. The van der Waals surface area contributed by atoms with Crippen LogP contribution in [-0.4, -0.2) is 29.3 Å². The number of benzene rings is 1. The van der Waals surface area contributed by atoms with Crippen molar-refractivity contribution in [3.05, 3.63) is 29.3 Å². The highest BCUT2D eigenvalue weighted by Crippen LogP contribution is 2.20. The van der Waals surface area contributed by atoms with Crippen molar-refractivity contribution < 1.29 is 9.59 Å².